The number of aromatic nitrogens is 1. The lowest BCUT2D eigenvalue weighted by molar-refractivity contribution is -0.110. The average molecular weight is 398 g/mol. The zero-order valence-electron chi connectivity index (χ0n) is 17.4. The second-order valence-electron chi connectivity index (χ2n) is 9.59. The van der Waals surface area contributed by atoms with E-state index < -0.39 is 0 Å². The molecule has 0 spiro atoms. The minimum atomic E-state index is 0.215. The summed E-state index contributed by atoms with van der Waals surface area (Å²) in [5.41, 5.74) is 5.74. The number of hydrogen-bond acceptors (Lipinski definition) is 4. The van der Waals surface area contributed by atoms with Crippen LogP contribution in [0, 0.1) is 0 Å². The van der Waals surface area contributed by atoms with Crippen molar-refractivity contribution in [2.45, 2.75) is 70.3 Å². The van der Waals surface area contributed by atoms with Crippen LogP contribution in [0.5, 0.6) is 0 Å². The van der Waals surface area contributed by atoms with E-state index >= 15 is 0 Å². The second-order valence-corrected chi connectivity index (χ2v) is 10.4. The molecule has 1 fully saturated rings. The Morgan fingerprint density at radius 2 is 1.79 bits per heavy atom. The highest BCUT2D eigenvalue weighted by atomic mass is 32.1. The molecule has 4 nitrogen and oxygen atoms in total. The van der Waals surface area contributed by atoms with Gasteiger partial charge in [0.1, 0.15) is 0 Å². The summed E-state index contributed by atoms with van der Waals surface area (Å²) >= 11 is 1.73. The van der Waals surface area contributed by atoms with Crippen molar-refractivity contribution < 1.29 is 4.79 Å². The van der Waals surface area contributed by atoms with Gasteiger partial charge < -0.3 is 10.2 Å². The van der Waals surface area contributed by atoms with Gasteiger partial charge in [0.2, 0.25) is 6.41 Å². The average Bonchev–Trinajstić information content (AvgIpc) is 3.16. The van der Waals surface area contributed by atoms with Gasteiger partial charge in [-0.2, -0.15) is 0 Å². The fourth-order valence-electron chi connectivity index (χ4n) is 4.62. The van der Waals surface area contributed by atoms with Gasteiger partial charge in [-0.25, -0.2) is 4.98 Å². The molecule has 1 aromatic heterocycles. The SMILES string of the molecule is CC1(C)CCC(C)(C)c2cc(-c3csc(N4CCC(NC=O)CC4)n3)ccc21. The summed E-state index contributed by atoms with van der Waals surface area (Å²) in [5, 5.41) is 6.19. The highest BCUT2D eigenvalue weighted by Gasteiger charge is 2.37. The van der Waals surface area contributed by atoms with Crippen molar-refractivity contribution in [1.82, 2.24) is 10.3 Å². The molecular weight excluding hydrogens is 366 g/mol. The van der Waals surface area contributed by atoms with E-state index in [-0.39, 0.29) is 10.8 Å². The number of carbonyl (C=O) groups excluding carboxylic acids is 1. The van der Waals surface area contributed by atoms with Gasteiger partial charge in [-0.1, -0.05) is 39.8 Å². The largest absolute Gasteiger partial charge is 0.356 e. The Labute approximate surface area is 172 Å². The maximum Gasteiger partial charge on any atom is 0.207 e. The number of fused-ring (bicyclic) bond motifs is 1. The lowest BCUT2D eigenvalue weighted by atomic mass is 9.63. The third-order valence-corrected chi connectivity index (χ3v) is 7.61. The molecule has 5 heteroatoms. The first kappa shape index (κ1) is 19.4. The van der Waals surface area contributed by atoms with Crippen LogP contribution in [0.15, 0.2) is 23.6 Å². The standard InChI is InChI=1S/C23H31N3OS/c1-22(2)9-10-23(3,4)19-13-16(5-6-18(19)22)20-14-28-21(25-20)26-11-7-17(8-12-26)24-15-27/h5-6,13-15,17H,7-12H2,1-4H3,(H,24,27). The van der Waals surface area contributed by atoms with Gasteiger partial charge in [0.15, 0.2) is 5.13 Å². The molecule has 0 atom stereocenters. The lowest BCUT2D eigenvalue weighted by Crippen LogP contribution is -2.42. The molecule has 0 saturated carbocycles. The van der Waals surface area contributed by atoms with Gasteiger partial charge in [-0.15, -0.1) is 11.3 Å². The van der Waals surface area contributed by atoms with Gasteiger partial charge in [-0.3, -0.25) is 4.79 Å². The Bertz CT molecular complexity index is 862. The number of thiazole rings is 1. The van der Waals surface area contributed by atoms with Crippen molar-refractivity contribution in [2.24, 2.45) is 0 Å². The summed E-state index contributed by atoms with van der Waals surface area (Å²) in [6, 6.07) is 7.27. The summed E-state index contributed by atoms with van der Waals surface area (Å²) in [6.07, 6.45) is 5.25. The minimum Gasteiger partial charge on any atom is -0.356 e. The van der Waals surface area contributed by atoms with E-state index in [1.807, 2.05) is 0 Å². The maximum atomic E-state index is 10.6. The molecular formula is C23H31N3OS. The second kappa shape index (κ2) is 7.18. The van der Waals surface area contributed by atoms with Crippen LogP contribution in [0.2, 0.25) is 0 Å². The van der Waals surface area contributed by atoms with E-state index in [4.69, 9.17) is 4.98 Å². The van der Waals surface area contributed by atoms with Crippen LogP contribution in [-0.2, 0) is 15.6 Å². The molecule has 150 valence electrons. The van der Waals surface area contributed by atoms with Crippen molar-refractivity contribution in [2.75, 3.05) is 18.0 Å². The topological polar surface area (TPSA) is 45.2 Å². The maximum absolute atomic E-state index is 10.6. The molecule has 1 aromatic carbocycles. The molecule has 28 heavy (non-hydrogen) atoms. The Kier molecular flexibility index (Phi) is 4.98. The number of rotatable bonds is 4. The fourth-order valence-corrected chi connectivity index (χ4v) is 5.51. The zero-order valence-corrected chi connectivity index (χ0v) is 18.2. The Morgan fingerprint density at radius 1 is 1.11 bits per heavy atom. The van der Waals surface area contributed by atoms with Crippen LogP contribution in [0.4, 0.5) is 5.13 Å². The fraction of sp³-hybridized carbons (Fsp3) is 0.565. The number of nitrogens with one attached hydrogen (secondary N) is 1. The summed E-state index contributed by atoms with van der Waals surface area (Å²) < 4.78 is 0. The van der Waals surface area contributed by atoms with E-state index in [2.05, 4.69) is 61.5 Å². The number of hydrogen-bond donors (Lipinski definition) is 1. The van der Waals surface area contributed by atoms with Crippen LogP contribution in [-0.4, -0.2) is 30.5 Å². The molecule has 1 amide bonds. The quantitative estimate of drug-likeness (QED) is 0.748. The number of benzene rings is 1. The van der Waals surface area contributed by atoms with Crippen LogP contribution < -0.4 is 10.2 Å². The van der Waals surface area contributed by atoms with Crippen LogP contribution >= 0.6 is 11.3 Å². The summed E-state index contributed by atoms with van der Waals surface area (Å²) in [6.45, 7) is 11.4. The third-order valence-electron chi connectivity index (χ3n) is 6.71. The first-order valence-corrected chi connectivity index (χ1v) is 11.2. The van der Waals surface area contributed by atoms with E-state index in [1.54, 1.807) is 11.3 Å². The highest BCUT2D eigenvalue weighted by Crippen LogP contribution is 2.46. The summed E-state index contributed by atoms with van der Waals surface area (Å²) in [5.74, 6) is 0. The number of carbonyl (C=O) groups is 1. The van der Waals surface area contributed by atoms with Crippen molar-refractivity contribution >= 4 is 22.9 Å². The molecule has 4 rings (SSSR count). The smallest absolute Gasteiger partial charge is 0.207 e. The van der Waals surface area contributed by atoms with Crippen LogP contribution in [0.1, 0.15) is 64.5 Å². The first-order valence-electron chi connectivity index (χ1n) is 10.4. The Hall–Kier alpha value is -1.88. The predicted octanol–water partition coefficient (Wildman–Crippen LogP) is 4.87. The molecule has 0 bridgehead atoms. The molecule has 0 unspecified atom stereocenters. The third kappa shape index (κ3) is 3.57. The number of anilines is 1. The minimum absolute atomic E-state index is 0.215. The number of piperidine rings is 1. The molecule has 2 aliphatic rings. The van der Waals surface area contributed by atoms with E-state index in [9.17, 15) is 4.79 Å². The van der Waals surface area contributed by atoms with Gasteiger partial charge in [0.25, 0.3) is 0 Å². The first-order chi connectivity index (χ1) is 13.3. The van der Waals surface area contributed by atoms with Gasteiger partial charge in [0.05, 0.1) is 5.69 Å². The molecule has 2 aromatic rings. The zero-order chi connectivity index (χ0) is 19.9. The Morgan fingerprint density at radius 3 is 2.46 bits per heavy atom. The highest BCUT2D eigenvalue weighted by molar-refractivity contribution is 7.14. The lowest BCUT2D eigenvalue weighted by Gasteiger charge is -2.42. The number of amides is 1. The van der Waals surface area contributed by atoms with E-state index in [1.165, 1.54) is 29.5 Å². The van der Waals surface area contributed by atoms with Gasteiger partial charge >= 0.3 is 0 Å². The van der Waals surface area contributed by atoms with E-state index in [0.717, 1.165) is 43.2 Å². The molecule has 1 aliphatic heterocycles. The Balaban J connectivity index is 1.57. The van der Waals surface area contributed by atoms with E-state index in [0.29, 0.717) is 6.04 Å². The predicted molar refractivity (Wildman–Crippen MR) is 117 cm³/mol. The normalized spacial score (nSPS) is 21.2. The van der Waals surface area contributed by atoms with Crippen LogP contribution in [0.3, 0.4) is 0 Å². The summed E-state index contributed by atoms with van der Waals surface area (Å²) in [4.78, 5) is 18.0. The monoisotopic (exact) mass is 397 g/mol. The van der Waals surface area contributed by atoms with Gasteiger partial charge in [-0.05, 0) is 53.7 Å². The molecule has 1 N–H and O–H groups in total. The molecule has 1 saturated heterocycles. The van der Waals surface area contributed by atoms with Crippen molar-refractivity contribution in [3.63, 3.8) is 0 Å². The molecule has 0 radical (unpaired) electrons. The molecule has 1 aliphatic carbocycles. The van der Waals surface area contributed by atoms with Crippen molar-refractivity contribution in [3.05, 3.63) is 34.7 Å². The van der Waals surface area contributed by atoms with Crippen molar-refractivity contribution in [3.8, 4) is 11.3 Å². The van der Waals surface area contributed by atoms with Crippen molar-refractivity contribution in [1.29, 1.82) is 0 Å². The molecule has 2 heterocycles. The van der Waals surface area contributed by atoms with Gasteiger partial charge in [0, 0.05) is 30.1 Å². The van der Waals surface area contributed by atoms with Crippen LogP contribution in [0.25, 0.3) is 11.3 Å². The number of nitrogens with zero attached hydrogens (tertiary/aromatic N) is 2. The summed E-state index contributed by atoms with van der Waals surface area (Å²) in [7, 11) is 0.